The maximum atomic E-state index is 13.6. The number of rotatable bonds is 6. The van der Waals surface area contributed by atoms with Crippen LogP contribution >= 0.6 is 0 Å². The van der Waals surface area contributed by atoms with E-state index in [0.717, 1.165) is 49.3 Å². The highest BCUT2D eigenvalue weighted by Crippen LogP contribution is 2.31. The van der Waals surface area contributed by atoms with Crippen molar-refractivity contribution in [3.05, 3.63) is 107 Å². The van der Waals surface area contributed by atoms with Crippen LogP contribution in [0.1, 0.15) is 35.2 Å². The van der Waals surface area contributed by atoms with Crippen LogP contribution in [0.3, 0.4) is 0 Å². The first-order valence-electron chi connectivity index (χ1n) is 12.0. The first kappa shape index (κ1) is 23.3. The van der Waals surface area contributed by atoms with Gasteiger partial charge in [0.25, 0.3) is 5.91 Å². The monoisotopic (exact) mass is 474 g/mol. The summed E-state index contributed by atoms with van der Waals surface area (Å²) in [5, 5.41) is 5.97. The van der Waals surface area contributed by atoms with E-state index in [9.17, 15) is 13.6 Å². The van der Waals surface area contributed by atoms with E-state index in [1.165, 1.54) is 24.3 Å². The van der Waals surface area contributed by atoms with Gasteiger partial charge in [-0.2, -0.15) is 5.10 Å². The third kappa shape index (κ3) is 5.31. The lowest BCUT2D eigenvalue weighted by atomic mass is 9.96. The first-order valence-corrected chi connectivity index (χ1v) is 12.0. The van der Waals surface area contributed by atoms with Crippen LogP contribution in [-0.4, -0.2) is 59.7 Å². The summed E-state index contributed by atoms with van der Waals surface area (Å²) >= 11 is 0. The number of nitrogens with zero attached hydrogens (tertiary/aromatic N) is 4. The third-order valence-corrected chi connectivity index (χ3v) is 6.77. The Balaban J connectivity index is 1.25. The molecule has 2 aliphatic heterocycles. The van der Waals surface area contributed by atoms with E-state index in [1.54, 1.807) is 29.3 Å². The Morgan fingerprint density at radius 1 is 0.829 bits per heavy atom. The lowest BCUT2D eigenvalue weighted by Crippen LogP contribution is -2.50. The molecule has 1 atom stereocenters. The number of benzene rings is 3. The summed E-state index contributed by atoms with van der Waals surface area (Å²) in [5.74, 6) is -0.573. The average molecular weight is 475 g/mol. The molecule has 0 N–H and O–H groups in total. The van der Waals surface area contributed by atoms with E-state index in [1.807, 2.05) is 36.5 Å². The van der Waals surface area contributed by atoms with Crippen molar-refractivity contribution in [2.24, 2.45) is 5.10 Å². The molecule has 0 aliphatic carbocycles. The van der Waals surface area contributed by atoms with Gasteiger partial charge in [-0.25, -0.2) is 13.8 Å². The fourth-order valence-electron chi connectivity index (χ4n) is 4.95. The fourth-order valence-corrected chi connectivity index (χ4v) is 4.95. The molecule has 0 bridgehead atoms. The molecule has 5 nitrogen and oxygen atoms in total. The topological polar surface area (TPSA) is 39.2 Å². The number of carbonyl (C=O) groups excluding carboxylic acids is 1. The molecule has 2 heterocycles. The van der Waals surface area contributed by atoms with Crippen LogP contribution in [0, 0.1) is 11.6 Å². The second kappa shape index (κ2) is 10.5. The molecule has 0 aromatic heterocycles. The predicted molar refractivity (Wildman–Crippen MR) is 132 cm³/mol. The van der Waals surface area contributed by atoms with Crippen LogP contribution in [0.4, 0.5) is 8.78 Å². The Morgan fingerprint density at radius 2 is 1.40 bits per heavy atom. The van der Waals surface area contributed by atoms with Crippen LogP contribution in [0.5, 0.6) is 0 Å². The maximum Gasteiger partial charge on any atom is 0.257 e. The summed E-state index contributed by atoms with van der Waals surface area (Å²) in [5.41, 5.74) is 3.00. The molecule has 5 rings (SSSR count). The van der Waals surface area contributed by atoms with Gasteiger partial charge in [-0.15, -0.1) is 0 Å². The number of halogens is 2. The lowest BCUT2D eigenvalue weighted by Gasteiger charge is -2.40. The second-order valence-electron chi connectivity index (χ2n) is 9.02. The minimum absolute atomic E-state index is 0.00493. The van der Waals surface area contributed by atoms with Gasteiger partial charge in [0.2, 0.25) is 0 Å². The molecule has 1 fully saturated rings. The molecule has 0 radical (unpaired) electrons. The molecule has 0 saturated carbocycles. The molecule has 0 spiro atoms. The molecular formula is C28H28F2N4O. The van der Waals surface area contributed by atoms with Gasteiger partial charge in [-0.3, -0.25) is 14.6 Å². The Hall–Kier alpha value is -3.42. The van der Waals surface area contributed by atoms with E-state index < -0.39 is 0 Å². The summed E-state index contributed by atoms with van der Waals surface area (Å²) in [7, 11) is 0. The van der Waals surface area contributed by atoms with Crippen molar-refractivity contribution >= 4 is 12.1 Å². The molecule has 7 heteroatoms. The number of carbonyl (C=O) groups is 1. The van der Waals surface area contributed by atoms with Crippen molar-refractivity contribution in [1.82, 2.24) is 14.8 Å². The van der Waals surface area contributed by atoms with Crippen molar-refractivity contribution < 1.29 is 13.6 Å². The zero-order valence-electron chi connectivity index (χ0n) is 19.4. The highest BCUT2D eigenvalue weighted by atomic mass is 19.1. The SMILES string of the molecule is O=C(CN1CCN(C(c2ccc(F)cc2)c2ccc(F)cc2)CC1)N1N=CC[C@H]1c1ccccc1. The number of hydrogen-bond donors (Lipinski definition) is 0. The number of piperazine rings is 1. The normalized spacial score (nSPS) is 18.9. The average Bonchev–Trinajstić information content (AvgIpc) is 3.38. The van der Waals surface area contributed by atoms with Crippen LogP contribution in [0.2, 0.25) is 0 Å². The smallest absolute Gasteiger partial charge is 0.257 e. The van der Waals surface area contributed by atoms with E-state index in [4.69, 9.17) is 0 Å². The van der Waals surface area contributed by atoms with Gasteiger partial charge in [0.15, 0.2) is 0 Å². The summed E-state index contributed by atoms with van der Waals surface area (Å²) in [4.78, 5) is 17.6. The standard InChI is InChI=1S/C28H28F2N4O/c29-24-10-6-22(7-11-24)28(23-8-12-25(30)13-9-23)33-18-16-32(17-19-33)20-27(35)34-26(14-15-31-34)21-4-2-1-3-5-21/h1-13,15,26,28H,14,16-20H2/t26-/m0/s1. The number of hydrogen-bond acceptors (Lipinski definition) is 4. The Bertz CT molecular complexity index is 1110. The van der Waals surface area contributed by atoms with Crippen molar-refractivity contribution in [2.45, 2.75) is 18.5 Å². The van der Waals surface area contributed by atoms with Crippen molar-refractivity contribution in [1.29, 1.82) is 0 Å². The van der Waals surface area contributed by atoms with Gasteiger partial charge >= 0.3 is 0 Å². The van der Waals surface area contributed by atoms with Crippen LogP contribution in [-0.2, 0) is 4.79 Å². The molecule has 180 valence electrons. The molecule has 1 saturated heterocycles. The lowest BCUT2D eigenvalue weighted by molar-refractivity contribution is -0.134. The zero-order chi connectivity index (χ0) is 24.2. The first-order chi connectivity index (χ1) is 17.1. The third-order valence-electron chi connectivity index (χ3n) is 6.77. The molecule has 3 aromatic carbocycles. The van der Waals surface area contributed by atoms with E-state index in [0.29, 0.717) is 6.54 Å². The number of hydrazone groups is 1. The second-order valence-corrected chi connectivity index (χ2v) is 9.02. The minimum Gasteiger partial charge on any atom is -0.292 e. The Kier molecular flexibility index (Phi) is 6.97. The molecule has 35 heavy (non-hydrogen) atoms. The zero-order valence-corrected chi connectivity index (χ0v) is 19.4. The molecule has 3 aromatic rings. The van der Waals surface area contributed by atoms with Gasteiger partial charge in [0.1, 0.15) is 11.6 Å². The van der Waals surface area contributed by atoms with E-state index >= 15 is 0 Å². The van der Waals surface area contributed by atoms with Crippen LogP contribution in [0.25, 0.3) is 0 Å². The largest absolute Gasteiger partial charge is 0.292 e. The summed E-state index contributed by atoms with van der Waals surface area (Å²) < 4.78 is 27.1. The fraction of sp³-hybridized carbons (Fsp3) is 0.286. The van der Waals surface area contributed by atoms with Crippen molar-refractivity contribution in [3.63, 3.8) is 0 Å². The Morgan fingerprint density at radius 3 is 1.97 bits per heavy atom. The summed E-state index contributed by atoms with van der Waals surface area (Å²) in [6.45, 7) is 3.22. The predicted octanol–water partition coefficient (Wildman–Crippen LogP) is 4.63. The molecule has 0 unspecified atom stereocenters. The van der Waals surface area contributed by atoms with Gasteiger partial charge in [0, 0.05) is 38.8 Å². The minimum atomic E-state index is -0.284. The van der Waals surface area contributed by atoms with Crippen LogP contribution in [0.15, 0.2) is 84.0 Å². The van der Waals surface area contributed by atoms with Gasteiger partial charge in [0.05, 0.1) is 18.6 Å². The van der Waals surface area contributed by atoms with E-state index in [-0.39, 0.29) is 29.6 Å². The highest BCUT2D eigenvalue weighted by Gasteiger charge is 2.31. The highest BCUT2D eigenvalue weighted by molar-refractivity contribution is 5.81. The maximum absolute atomic E-state index is 13.6. The quantitative estimate of drug-likeness (QED) is 0.523. The summed E-state index contributed by atoms with van der Waals surface area (Å²) in [6, 6.07) is 22.8. The molecule has 2 aliphatic rings. The van der Waals surface area contributed by atoms with Gasteiger partial charge in [-0.1, -0.05) is 54.6 Å². The number of amides is 1. The Labute approximate surface area is 204 Å². The van der Waals surface area contributed by atoms with Gasteiger partial charge < -0.3 is 0 Å². The van der Waals surface area contributed by atoms with E-state index in [2.05, 4.69) is 14.9 Å². The molecule has 1 amide bonds. The van der Waals surface area contributed by atoms with Crippen LogP contribution < -0.4 is 0 Å². The summed E-state index contributed by atoms with van der Waals surface area (Å²) in [6.07, 6.45) is 2.53. The van der Waals surface area contributed by atoms with Gasteiger partial charge in [-0.05, 0) is 41.0 Å². The van der Waals surface area contributed by atoms with Crippen molar-refractivity contribution in [3.8, 4) is 0 Å². The van der Waals surface area contributed by atoms with Crippen molar-refractivity contribution in [2.75, 3.05) is 32.7 Å². The molecular weight excluding hydrogens is 446 g/mol.